The SMILES string of the molecule is O=C(c1ccccc1)N1CN(Cc2ccncc2)Cc2c1sc1c2CCCC1. The first-order valence-electron chi connectivity index (χ1n) is 9.91. The van der Waals surface area contributed by atoms with Gasteiger partial charge in [-0.25, -0.2) is 0 Å². The average Bonchev–Trinajstić information content (AvgIpc) is 3.13. The van der Waals surface area contributed by atoms with Crippen molar-refractivity contribution in [1.29, 1.82) is 0 Å². The Balaban J connectivity index is 1.52. The maximum Gasteiger partial charge on any atom is 0.260 e. The van der Waals surface area contributed by atoms with Gasteiger partial charge in [-0.1, -0.05) is 18.2 Å². The Morgan fingerprint density at radius 1 is 1.00 bits per heavy atom. The van der Waals surface area contributed by atoms with Gasteiger partial charge in [0.05, 0.1) is 6.67 Å². The van der Waals surface area contributed by atoms with Crippen molar-refractivity contribution in [2.45, 2.75) is 38.8 Å². The van der Waals surface area contributed by atoms with Crippen molar-refractivity contribution in [3.63, 3.8) is 0 Å². The van der Waals surface area contributed by atoms with Gasteiger partial charge in [-0.05, 0) is 61.1 Å². The van der Waals surface area contributed by atoms with E-state index in [1.807, 2.05) is 59.0 Å². The first kappa shape index (κ1) is 17.6. The molecule has 0 saturated carbocycles. The molecule has 0 saturated heterocycles. The predicted octanol–water partition coefficient (Wildman–Crippen LogP) is 4.64. The maximum atomic E-state index is 13.4. The Morgan fingerprint density at radius 2 is 1.79 bits per heavy atom. The van der Waals surface area contributed by atoms with Crippen molar-refractivity contribution < 1.29 is 4.79 Å². The molecule has 28 heavy (non-hydrogen) atoms. The first-order valence-corrected chi connectivity index (χ1v) is 10.7. The number of pyridine rings is 1. The van der Waals surface area contributed by atoms with E-state index in [1.54, 1.807) is 0 Å². The van der Waals surface area contributed by atoms with Gasteiger partial charge in [0.25, 0.3) is 5.91 Å². The molecule has 2 aliphatic rings. The quantitative estimate of drug-likeness (QED) is 0.655. The standard InChI is InChI=1S/C23H23N3OS/c27-22(18-6-2-1-3-7-18)26-16-25(14-17-10-12-24-13-11-17)15-20-19-8-4-5-9-21(19)28-23(20)26/h1-3,6-7,10-13H,4-5,8-9,14-16H2. The highest BCUT2D eigenvalue weighted by molar-refractivity contribution is 7.16. The third-order valence-corrected chi connectivity index (χ3v) is 7.01. The lowest BCUT2D eigenvalue weighted by molar-refractivity contribution is 0.0957. The van der Waals surface area contributed by atoms with E-state index in [9.17, 15) is 4.79 Å². The minimum Gasteiger partial charge on any atom is -0.286 e. The number of anilines is 1. The van der Waals surface area contributed by atoms with Crippen LogP contribution in [0.1, 0.15) is 44.8 Å². The number of aromatic nitrogens is 1. The second-order valence-corrected chi connectivity index (χ2v) is 8.66. The number of hydrogen-bond acceptors (Lipinski definition) is 4. The Kier molecular flexibility index (Phi) is 4.71. The number of carbonyl (C=O) groups excluding carboxylic acids is 1. The molecular formula is C23H23N3OS. The average molecular weight is 390 g/mol. The number of thiophene rings is 1. The van der Waals surface area contributed by atoms with Crippen LogP contribution in [0.25, 0.3) is 0 Å². The van der Waals surface area contributed by atoms with Crippen LogP contribution in [0.5, 0.6) is 0 Å². The number of nitrogens with zero attached hydrogens (tertiary/aromatic N) is 3. The lowest BCUT2D eigenvalue weighted by Gasteiger charge is -2.36. The van der Waals surface area contributed by atoms with Gasteiger partial charge in [-0.15, -0.1) is 11.3 Å². The van der Waals surface area contributed by atoms with Gasteiger partial charge in [0, 0.05) is 41.5 Å². The van der Waals surface area contributed by atoms with E-state index in [2.05, 4.69) is 22.0 Å². The summed E-state index contributed by atoms with van der Waals surface area (Å²) in [4.78, 5) is 23.4. The summed E-state index contributed by atoms with van der Waals surface area (Å²) in [6.07, 6.45) is 8.50. The van der Waals surface area contributed by atoms with E-state index in [-0.39, 0.29) is 5.91 Å². The molecule has 142 valence electrons. The molecule has 0 bridgehead atoms. The highest BCUT2D eigenvalue weighted by Crippen LogP contribution is 2.43. The Morgan fingerprint density at radius 3 is 2.61 bits per heavy atom. The van der Waals surface area contributed by atoms with E-state index < -0.39 is 0 Å². The maximum absolute atomic E-state index is 13.4. The van der Waals surface area contributed by atoms with Crippen molar-refractivity contribution in [2.24, 2.45) is 0 Å². The van der Waals surface area contributed by atoms with Gasteiger partial charge in [0.1, 0.15) is 5.00 Å². The summed E-state index contributed by atoms with van der Waals surface area (Å²) in [5, 5.41) is 1.17. The normalized spacial score (nSPS) is 16.5. The molecule has 0 radical (unpaired) electrons. The molecule has 2 aromatic heterocycles. The minimum absolute atomic E-state index is 0.0971. The van der Waals surface area contributed by atoms with Crippen LogP contribution in [0.15, 0.2) is 54.9 Å². The third-order valence-electron chi connectivity index (χ3n) is 5.65. The highest BCUT2D eigenvalue weighted by atomic mass is 32.1. The third kappa shape index (κ3) is 3.25. The minimum atomic E-state index is 0.0971. The zero-order valence-electron chi connectivity index (χ0n) is 15.8. The van der Waals surface area contributed by atoms with Gasteiger partial charge in [-0.3, -0.25) is 19.6 Å². The van der Waals surface area contributed by atoms with Gasteiger partial charge in [0.2, 0.25) is 0 Å². The van der Waals surface area contributed by atoms with E-state index in [0.717, 1.165) is 31.5 Å². The van der Waals surface area contributed by atoms with E-state index >= 15 is 0 Å². The number of rotatable bonds is 3. The van der Waals surface area contributed by atoms with Crippen LogP contribution in [0, 0.1) is 0 Å². The molecule has 0 fully saturated rings. The second kappa shape index (κ2) is 7.49. The van der Waals surface area contributed by atoms with Crippen LogP contribution in [-0.2, 0) is 25.9 Å². The Bertz CT molecular complexity index is 984. The molecule has 5 heteroatoms. The van der Waals surface area contributed by atoms with E-state index in [0.29, 0.717) is 6.67 Å². The van der Waals surface area contributed by atoms with Crippen molar-refractivity contribution in [2.75, 3.05) is 11.6 Å². The van der Waals surface area contributed by atoms with Crippen LogP contribution >= 0.6 is 11.3 Å². The highest BCUT2D eigenvalue weighted by Gasteiger charge is 2.33. The van der Waals surface area contributed by atoms with Gasteiger partial charge in [0.15, 0.2) is 0 Å². The molecule has 0 atom stereocenters. The van der Waals surface area contributed by atoms with Crippen molar-refractivity contribution in [3.05, 3.63) is 82.0 Å². The van der Waals surface area contributed by atoms with Crippen molar-refractivity contribution >= 4 is 22.2 Å². The topological polar surface area (TPSA) is 36.4 Å². The zero-order chi connectivity index (χ0) is 18.9. The summed E-state index contributed by atoms with van der Waals surface area (Å²) in [5.41, 5.74) is 4.88. The summed E-state index contributed by atoms with van der Waals surface area (Å²) in [6, 6.07) is 13.8. The van der Waals surface area contributed by atoms with Crippen LogP contribution in [-0.4, -0.2) is 22.5 Å². The molecule has 3 aromatic rings. The van der Waals surface area contributed by atoms with Gasteiger partial charge >= 0.3 is 0 Å². The number of fused-ring (bicyclic) bond motifs is 3. The summed E-state index contributed by atoms with van der Waals surface area (Å²) in [7, 11) is 0. The summed E-state index contributed by atoms with van der Waals surface area (Å²) in [6.45, 7) is 2.37. The molecule has 3 heterocycles. The molecule has 0 N–H and O–H groups in total. The first-order chi connectivity index (χ1) is 13.8. The molecule has 0 spiro atoms. The molecule has 1 aliphatic heterocycles. The van der Waals surface area contributed by atoms with Gasteiger partial charge in [-0.2, -0.15) is 0 Å². The van der Waals surface area contributed by atoms with Crippen molar-refractivity contribution in [1.82, 2.24) is 9.88 Å². The lowest BCUT2D eigenvalue weighted by Crippen LogP contribution is -2.44. The molecule has 1 aliphatic carbocycles. The smallest absolute Gasteiger partial charge is 0.260 e. The molecule has 1 amide bonds. The number of benzene rings is 1. The van der Waals surface area contributed by atoms with Gasteiger partial charge < -0.3 is 0 Å². The van der Waals surface area contributed by atoms with E-state index in [1.165, 1.54) is 39.4 Å². The van der Waals surface area contributed by atoms with Crippen molar-refractivity contribution in [3.8, 4) is 0 Å². The summed E-state index contributed by atoms with van der Waals surface area (Å²) >= 11 is 1.85. The van der Waals surface area contributed by atoms with Crippen LogP contribution < -0.4 is 4.90 Å². The number of carbonyl (C=O) groups is 1. The molecule has 4 nitrogen and oxygen atoms in total. The van der Waals surface area contributed by atoms with E-state index in [4.69, 9.17) is 0 Å². The predicted molar refractivity (Wildman–Crippen MR) is 113 cm³/mol. The molecule has 5 rings (SSSR count). The summed E-state index contributed by atoms with van der Waals surface area (Å²) < 4.78 is 0. The fraction of sp³-hybridized carbons (Fsp3) is 0.304. The van der Waals surface area contributed by atoms with Crippen LogP contribution in [0.3, 0.4) is 0 Å². The second-order valence-electron chi connectivity index (χ2n) is 7.58. The fourth-order valence-electron chi connectivity index (χ4n) is 4.28. The zero-order valence-corrected chi connectivity index (χ0v) is 16.6. The molecule has 0 unspecified atom stereocenters. The number of amides is 1. The Hall–Kier alpha value is -2.50. The van der Waals surface area contributed by atoms with Crippen LogP contribution in [0.4, 0.5) is 5.00 Å². The monoisotopic (exact) mass is 389 g/mol. The lowest BCUT2D eigenvalue weighted by atomic mass is 9.94. The molecular weight excluding hydrogens is 366 g/mol. The number of hydrogen-bond donors (Lipinski definition) is 0. The fourth-order valence-corrected chi connectivity index (χ4v) is 5.67. The summed E-state index contributed by atoms with van der Waals surface area (Å²) in [5.74, 6) is 0.0971. The number of aryl methyl sites for hydroxylation is 1. The van der Waals surface area contributed by atoms with Crippen LogP contribution in [0.2, 0.25) is 0 Å². The largest absolute Gasteiger partial charge is 0.286 e. The Labute approximate surface area is 169 Å². The molecule has 1 aromatic carbocycles.